The van der Waals surface area contributed by atoms with Crippen LogP contribution in [0.2, 0.25) is 0 Å². The highest BCUT2D eigenvalue weighted by atomic mass is 32.2. The highest BCUT2D eigenvalue weighted by Crippen LogP contribution is 2.27. The van der Waals surface area contributed by atoms with Crippen molar-refractivity contribution in [3.63, 3.8) is 0 Å². The summed E-state index contributed by atoms with van der Waals surface area (Å²) in [6, 6.07) is 0. The lowest BCUT2D eigenvalue weighted by molar-refractivity contribution is -0.111. The highest BCUT2D eigenvalue weighted by molar-refractivity contribution is 7.86. The fraction of sp³-hybridized carbons (Fsp3) is 0.857. The zero-order chi connectivity index (χ0) is 9.19. The Bertz CT molecular complexity index is 257. The Morgan fingerprint density at radius 1 is 1.25 bits per heavy atom. The summed E-state index contributed by atoms with van der Waals surface area (Å²) >= 11 is 0. The topological polar surface area (TPSA) is 71.4 Å². The van der Waals surface area contributed by atoms with E-state index in [0.29, 0.717) is 19.1 Å². The quantitative estimate of drug-likeness (QED) is 0.514. The summed E-state index contributed by atoms with van der Waals surface area (Å²) in [5, 5.41) is -0.858. The molecule has 0 amide bonds. The van der Waals surface area contributed by atoms with E-state index >= 15 is 0 Å². The normalized spacial score (nSPS) is 31.4. The van der Waals surface area contributed by atoms with Crippen LogP contribution in [0.5, 0.6) is 0 Å². The molecule has 2 atom stereocenters. The standard InChI is InChI=1S/C7H12O4S/c8-5-6-3-1-2-4-7(6)12(9,10)11/h5-7H,1-4H2,(H,9,10,11). The summed E-state index contributed by atoms with van der Waals surface area (Å²) in [6.07, 6.45) is 3.26. The minimum atomic E-state index is -4.02. The molecular formula is C7H12O4S. The number of carbonyl (C=O) groups is 1. The zero-order valence-electron chi connectivity index (χ0n) is 6.64. The molecule has 0 aliphatic heterocycles. The second-order valence-electron chi connectivity index (χ2n) is 3.14. The summed E-state index contributed by atoms with van der Waals surface area (Å²) in [5.41, 5.74) is 0. The average Bonchev–Trinajstić information content (AvgIpc) is 2.03. The SMILES string of the molecule is O=CC1CCCCC1S(=O)(=O)O. The van der Waals surface area contributed by atoms with Crippen molar-refractivity contribution in [1.82, 2.24) is 0 Å². The van der Waals surface area contributed by atoms with E-state index in [-0.39, 0.29) is 0 Å². The molecule has 2 unspecified atom stereocenters. The van der Waals surface area contributed by atoms with Crippen LogP contribution in [0, 0.1) is 5.92 Å². The highest BCUT2D eigenvalue weighted by Gasteiger charge is 2.33. The van der Waals surface area contributed by atoms with E-state index in [4.69, 9.17) is 4.55 Å². The third-order valence-corrected chi connectivity index (χ3v) is 3.66. The van der Waals surface area contributed by atoms with Crippen molar-refractivity contribution < 1.29 is 17.8 Å². The van der Waals surface area contributed by atoms with E-state index < -0.39 is 21.3 Å². The first kappa shape index (κ1) is 9.67. The van der Waals surface area contributed by atoms with Crippen LogP contribution >= 0.6 is 0 Å². The maximum atomic E-state index is 10.8. The molecule has 1 rings (SSSR count). The maximum absolute atomic E-state index is 10.8. The van der Waals surface area contributed by atoms with Crippen molar-refractivity contribution in [2.24, 2.45) is 5.92 Å². The Kier molecular flexibility index (Phi) is 2.85. The molecule has 0 heterocycles. The molecule has 0 radical (unpaired) electrons. The van der Waals surface area contributed by atoms with Gasteiger partial charge in [-0.1, -0.05) is 12.8 Å². The van der Waals surface area contributed by atoms with E-state index in [9.17, 15) is 13.2 Å². The number of hydrogen-bond donors (Lipinski definition) is 1. The molecule has 0 bridgehead atoms. The largest absolute Gasteiger partial charge is 0.303 e. The number of aldehydes is 1. The Morgan fingerprint density at radius 3 is 2.25 bits per heavy atom. The van der Waals surface area contributed by atoms with Crippen molar-refractivity contribution in [2.75, 3.05) is 0 Å². The fourth-order valence-electron chi connectivity index (χ4n) is 1.65. The van der Waals surface area contributed by atoms with Crippen LogP contribution in [0.1, 0.15) is 25.7 Å². The Balaban J connectivity index is 2.79. The molecule has 12 heavy (non-hydrogen) atoms. The van der Waals surface area contributed by atoms with Gasteiger partial charge in [0.15, 0.2) is 0 Å². The summed E-state index contributed by atoms with van der Waals surface area (Å²) in [7, 11) is -4.02. The predicted molar refractivity (Wildman–Crippen MR) is 43.4 cm³/mol. The van der Waals surface area contributed by atoms with Gasteiger partial charge in [-0.05, 0) is 12.8 Å². The van der Waals surface area contributed by atoms with Crippen LogP contribution in [0.15, 0.2) is 0 Å². The van der Waals surface area contributed by atoms with Gasteiger partial charge in [0, 0.05) is 5.92 Å². The van der Waals surface area contributed by atoms with Gasteiger partial charge in [0.25, 0.3) is 10.1 Å². The molecule has 0 saturated heterocycles. The molecule has 1 saturated carbocycles. The second kappa shape index (κ2) is 3.53. The monoisotopic (exact) mass is 192 g/mol. The molecule has 70 valence electrons. The summed E-state index contributed by atoms with van der Waals surface area (Å²) in [5.74, 6) is -0.506. The van der Waals surface area contributed by atoms with E-state index in [1.54, 1.807) is 0 Å². The molecule has 1 aliphatic rings. The number of rotatable bonds is 2. The molecule has 1 fully saturated rings. The second-order valence-corrected chi connectivity index (χ2v) is 4.77. The van der Waals surface area contributed by atoms with Crippen LogP contribution in [0.4, 0.5) is 0 Å². The van der Waals surface area contributed by atoms with E-state index in [2.05, 4.69) is 0 Å². The van der Waals surface area contributed by atoms with Crippen LogP contribution in [0.25, 0.3) is 0 Å². The third-order valence-electron chi connectivity index (χ3n) is 2.31. The molecule has 4 nitrogen and oxygen atoms in total. The molecule has 1 aliphatic carbocycles. The lowest BCUT2D eigenvalue weighted by Crippen LogP contribution is -2.33. The number of carbonyl (C=O) groups excluding carboxylic acids is 1. The van der Waals surface area contributed by atoms with Crippen molar-refractivity contribution in [3.05, 3.63) is 0 Å². The summed E-state index contributed by atoms with van der Waals surface area (Å²) in [4.78, 5) is 10.4. The van der Waals surface area contributed by atoms with Crippen LogP contribution in [-0.2, 0) is 14.9 Å². The van der Waals surface area contributed by atoms with Gasteiger partial charge in [-0.15, -0.1) is 0 Å². The van der Waals surface area contributed by atoms with Crippen molar-refractivity contribution in [1.29, 1.82) is 0 Å². The first-order valence-electron chi connectivity index (χ1n) is 3.97. The molecular weight excluding hydrogens is 180 g/mol. The lowest BCUT2D eigenvalue weighted by Gasteiger charge is -2.24. The molecule has 0 aromatic rings. The van der Waals surface area contributed by atoms with Crippen LogP contribution < -0.4 is 0 Å². The van der Waals surface area contributed by atoms with Gasteiger partial charge >= 0.3 is 0 Å². The van der Waals surface area contributed by atoms with Gasteiger partial charge in [0.05, 0.1) is 5.25 Å². The lowest BCUT2D eigenvalue weighted by atomic mass is 9.90. The molecule has 1 N–H and O–H groups in total. The Hall–Kier alpha value is -0.420. The first-order valence-corrected chi connectivity index (χ1v) is 5.47. The molecule has 0 aromatic heterocycles. The summed E-state index contributed by atoms with van der Waals surface area (Å²) in [6.45, 7) is 0. The predicted octanol–water partition coefficient (Wildman–Crippen LogP) is 0.632. The van der Waals surface area contributed by atoms with Crippen molar-refractivity contribution >= 4 is 16.4 Å². The van der Waals surface area contributed by atoms with Crippen molar-refractivity contribution in [2.45, 2.75) is 30.9 Å². The molecule has 5 heteroatoms. The van der Waals surface area contributed by atoms with Crippen LogP contribution in [-0.4, -0.2) is 24.5 Å². The zero-order valence-corrected chi connectivity index (χ0v) is 7.46. The first-order chi connectivity index (χ1) is 5.55. The Labute approximate surface area is 71.7 Å². The van der Waals surface area contributed by atoms with Gasteiger partial charge in [-0.3, -0.25) is 4.55 Å². The Morgan fingerprint density at radius 2 is 1.83 bits per heavy atom. The maximum Gasteiger partial charge on any atom is 0.268 e. The van der Waals surface area contributed by atoms with Gasteiger partial charge in [-0.2, -0.15) is 8.42 Å². The van der Waals surface area contributed by atoms with Crippen LogP contribution in [0.3, 0.4) is 0 Å². The van der Waals surface area contributed by atoms with E-state index in [1.165, 1.54) is 0 Å². The van der Waals surface area contributed by atoms with E-state index in [0.717, 1.165) is 12.8 Å². The minimum Gasteiger partial charge on any atom is -0.303 e. The van der Waals surface area contributed by atoms with Crippen molar-refractivity contribution in [3.8, 4) is 0 Å². The van der Waals surface area contributed by atoms with Gasteiger partial charge in [0.2, 0.25) is 0 Å². The smallest absolute Gasteiger partial charge is 0.268 e. The average molecular weight is 192 g/mol. The van der Waals surface area contributed by atoms with Gasteiger partial charge < -0.3 is 4.79 Å². The van der Waals surface area contributed by atoms with Gasteiger partial charge in [0.1, 0.15) is 6.29 Å². The minimum absolute atomic E-state index is 0.405. The molecule has 0 aromatic carbocycles. The third kappa shape index (κ3) is 2.04. The summed E-state index contributed by atoms with van der Waals surface area (Å²) < 4.78 is 30.3. The number of hydrogen-bond acceptors (Lipinski definition) is 3. The molecule has 0 spiro atoms. The van der Waals surface area contributed by atoms with E-state index in [1.807, 2.05) is 0 Å². The van der Waals surface area contributed by atoms with Gasteiger partial charge in [-0.25, -0.2) is 0 Å². The fourth-order valence-corrected chi connectivity index (χ4v) is 2.76.